The molecule has 1 rings (SSSR count). The van der Waals surface area contributed by atoms with Gasteiger partial charge in [0.25, 0.3) is 0 Å². The van der Waals surface area contributed by atoms with E-state index in [4.69, 9.17) is 10.00 Å². The van der Waals surface area contributed by atoms with Gasteiger partial charge in [0.1, 0.15) is 0 Å². The maximum Gasteiger partial charge on any atom is 0.328 e. The molecule has 80 valence electrons. The summed E-state index contributed by atoms with van der Waals surface area (Å²) in [5.41, 5.74) is 1.43. The van der Waals surface area contributed by atoms with Gasteiger partial charge in [-0.1, -0.05) is 0 Å². The van der Waals surface area contributed by atoms with Crippen LogP contribution < -0.4 is 0 Å². The van der Waals surface area contributed by atoms with E-state index in [1.165, 1.54) is 11.5 Å². The van der Waals surface area contributed by atoms with Crippen molar-refractivity contribution in [3.8, 4) is 6.07 Å². The monoisotopic (exact) mass is 224 g/mol. The van der Waals surface area contributed by atoms with Gasteiger partial charge in [0, 0.05) is 10.4 Å². The number of ether oxygens (including phenoxy) is 1. The summed E-state index contributed by atoms with van der Waals surface area (Å²) in [6.45, 7) is 5.65. The molecule has 0 saturated heterocycles. The first kappa shape index (κ1) is 11.7. The molecule has 0 aliphatic carbocycles. The minimum Gasteiger partial charge on any atom is -0.465 e. The lowest BCUT2D eigenvalue weighted by Gasteiger charge is -2.08. The largest absolute Gasteiger partial charge is 0.465 e. The van der Waals surface area contributed by atoms with E-state index in [-0.39, 0.29) is 6.61 Å². The summed E-state index contributed by atoms with van der Waals surface area (Å²) >= 11 is 1.30. The molecule has 1 heterocycles. The van der Waals surface area contributed by atoms with Crippen LogP contribution in [-0.4, -0.2) is 16.9 Å². The van der Waals surface area contributed by atoms with Gasteiger partial charge in [0.15, 0.2) is 5.92 Å². The number of esters is 1. The number of nitrogens with zero attached hydrogens (tertiary/aromatic N) is 2. The van der Waals surface area contributed by atoms with E-state index >= 15 is 0 Å². The SMILES string of the molecule is CCOC(=O)C(C#N)c1c(C)nsc1C. The summed E-state index contributed by atoms with van der Waals surface area (Å²) in [4.78, 5) is 12.4. The predicted molar refractivity (Wildman–Crippen MR) is 56.6 cm³/mol. The summed E-state index contributed by atoms with van der Waals surface area (Å²) in [6.07, 6.45) is 0. The lowest BCUT2D eigenvalue weighted by Crippen LogP contribution is -2.15. The van der Waals surface area contributed by atoms with Gasteiger partial charge in [-0.15, -0.1) is 0 Å². The van der Waals surface area contributed by atoms with Crippen molar-refractivity contribution in [2.24, 2.45) is 0 Å². The molecule has 1 aromatic rings. The molecule has 0 aliphatic rings. The molecule has 0 saturated carbocycles. The van der Waals surface area contributed by atoms with E-state index in [1.54, 1.807) is 13.8 Å². The number of aromatic nitrogens is 1. The average molecular weight is 224 g/mol. The van der Waals surface area contributed by atoms with Crippen LogP contribution in [-0.2, 0) is 9.53 Å². The maximum atomic E-state index is 11.5. The summed E-state index contributed by atoms with van der Waals surface area (Å²) in [6, 6.07) is 1.96. The highest BCUT2D eigenvalue weighted by molar-refractivity contribution is 7.05. The van der Waals surface area contributed by atoms with Crippen molar-refractivity contribution in [2.75, 3.05) is 6.61 Å². The van der Waals surface area contributed by atoms with Crippen molar-refractivity contribution in [2.45, 2.75) is 26.7 Å². The van der Waals surface area contributed by atoms with E-state index in [0.717, 1.165) is 10.6 Å². The first-order valence-corrected chi connectivity index (χ1v) is 5.38. The van der Waals surface area contributed by atoms with E-state index in [1.807, 2.05) is 13.0 Å². The number of aryl methyl sites for hydroxylation is 2. The van der Waals surface area contributed by atoms with Crippen LogP contribution in [0.5, 0.6) is 0 Å². The molecular formula is C10H12N2O2S. The van der Waals surface area contributed by atoms with Crippen molar-refractivity contribution in [3.63, 3.8) is 0 Å². The number of hydrogen-bond acceptors (Lipinski definition) is 5. The first-order valence-electron chi connectivity index (χ1n) is 4.60. The molecule has 0 amide bonds. The highest BCUT2D eigenvalue weighted by atomic mass is 32.1. The van der Waals surface area contributed by atoms with Gasteiger partial charge in [-0.05, 0) is 32.3 Å². The number of rotatable bonds is 3. The summed E-state index contributed by atoms with van der Waals surface area (Å²) < 4.78 is 8.95. The predicted octanol–water partition coefficient (Wildman–Crippen LogP) is 1.93. The summed E-state index contributed by atoms with van der Waals surface area (Å²) in [5.74, 6) is -1.34. The molecule has 15 heavy (non-hydrogen) atoms. The third kappa shape index (κ3) is 2.34. The number of carbonyl (C=O) groups is 1. The van der Waals surface area contributed by atoms with Gasteiger partial charge >= 0.3 is 5.97 Å². The Labute approximate surface area is 92.7 Å². The van der Waals surface area contributed by atoms with Gasteiger partial charge in [-0.3, -0.25) is 4.79 Å². The van der Waals surface area contributed by atoms with Crippen molar-refractivity contribution < 1.29 is 9.53 Å². The minimum absolute atomic E-state index is 0.284. The van der Waals surface area contributed by atoms with Crippen LogP contribution in [0.3, 0.4) is 0 Å². The molecule has 1 atom stereocenters. The Kier molecular flexibility index (Phi) is 3.81. The molecule has 1 unspecified atom stereocenters. The molecule has 1 aromatic heterocycles. The lowest BCUT2D eigenvalue weighted by atomic mass is 10.00. The molecule has 0 N–H and O–H groups in total. The lowest BCUT2D eigenvalue weighted by molar-refractivity contribution is -0.143. The Morgan fingerprint density at radius 3 is 2.73 bits per heavy atom. The standard InChI is InChI=1S/C10H12N2O2S/c1-4-14-10(13)8(5-11)9-6(2)12-15-7(9)3/h8H,4H2,1-3H3. The van der Waals surface area contributed by atoms with Gasteiger partial charge in [0.05, 0.1) is 18.4 Å². The van der Waals surface area contributed by atoms with Gasteiger partial charge < -0.3 is 4.74 Å². The molecule has 0 bridgehead atoms. The molecule has 0 radical (unpaired) electrons. The van der Waals surface area contributed by atoms with Crippen molar-refractivity contribution >= 4 is 17.5 Å². The van der Waals surface area contributed by atoms with Gasteiger partial charge in [-0.25, -0.2) is 0 Å². The molecule has 0 fully saturated rings. The molecule has 4 nitrogen and oxygen atoms in total. The van der Waals surface area contributed by atoms with E-state index < -0.39 is 11.9 Å². The topological polar surface area (TPSA) is 63.0 Å². The average Bonchev–Trinajstić information content (AvgIpc) is 2.51. The van der Waals surface area contributed by atoms with Crippen molar-refractivity contribution in [1.29, 1.82) is 5.26 Å². The summed E-state index contributed by atoms with van der Waals surface area (Å²) in [5, 5.41) is 8.97. The third-order valence-electron chi connectivity index (χ3n) is 2.03. The summed E-state index contributed by atoms with van der Waals surface area (Å²) in [7, 11) is 0. The van der Waals surface area contributed by atoms with Crippen LogP contribution in [0.4, 0.5) is 0 Å². The second-order valence-corrected chi connectivity index (χ2v) is 4.03. The fourth-order valence-corrected chi connectivity index (χ4v) is 2.10. The maximum absolute atomic E-state index is 11.5. The highest BCUT2D eigenvalue weighted by Crippen LogP contribution is 2.26. The molecule has 0 aliphatic heterocycles. The second-order valence-electron chi connectivity index (χ2n) is 3.05. The zero-order valence-electron chi connectivity index (χ0n) is 8.90. The number of nitriles is 1. The Balaban J connectivity index is 3.04. The fourth-order valence-electron chi connectivity index (χ4n) is 1.36. The van der Waals surface area contributed by atoms with E-state index in [9.17, 15) is 4.79 Å². The normalized spacial score (nSPS) is 11.9. The smallest absolute Gasteiger partial charge is 0.328 e. The Morgan fingerprint density at radius 1 is 1.67 bits per heavy atom. The van der Waals surface area contributed by atoms with E-state index in [0.29, 0.717) is 5.56 Å². The third-order valence-corrected chi connectivity index (χ3v) is 2.89. The van der Waals surface area contributed by atoms with Crippen LogP contribution in [0.2, 0.25) is 0 Å². The van der Waals surface area contributed by atoms with Crippen molar-refractivity contribution in [3.05, 3.63) is 16.1 Å². The van der Waals surface area contributed by atoms with Crippen LogP contribution in [0.1, 0.15) is 29.0 Å². The first-order chi connectivity index (χ1) is 7.11. The Hall–Kier alpha value is -1.41. The molecule has 0 aromatic carbocycles. The van der Waals surface area contributed by atoms with Gasteiger partial charge in [-0.2, -0.15) is 9.64 Å². The highest BCUT2D eigenvalue weighted by Gasteiger charge is 2.26. The van der Waals surface area contributed by atoms with Crippen LogP contribution >= 0.6 is 11.5 Å². The molecular weight excluding hydrogens is 212 g/mol. The fraction of sp³-hybridized carbons (Fsp3) is 0.500. The number of carbonyl (C=O) groups excluding carboxylic acids is 1. The van der Waals surface area contributed by atoms with Crippen LogP contribution in [0, 0.1) is 25.2 Å². The Bertz CT molecular complexity index is 387. The zero-order valence-corrected chi connectivity index (χ0v) is 9.72. The van der Waals surface area contributed by atoms with Gasteiger partial charge in [0.2, 0.25) is 0 Å². The van der Waals surface area contributed by atoms with Crippen molar-refractivity contribution in [1.82, 2.24) is 4.37 Å². The van der Waals surface area contributed by atoms with E-state index in [2.05, 4.69) is 4.37 Å². The molecule has 5 heteroatoms. The quantitative estimate of drug-likeness (QED) is 0.736. The minimum atomic E-state index is -0.844. The second kappa shape index (κ2) is 4.89. The Morgan fingerprint density at radius 2 is 2.33 bits per heavy atom. The van der Waals surface area contributed by atoms with Crippen LogP contribution in [0.25, 0.3) is 0 Å². The zero-order chi connectivity index (χ0) is 11.4. The molecule has 0 spiro atoms. The number of hydrogen-bond donors (Lipinski definition) is 0. The van der Waals surface area contributed by atoms with Crippen LogP contribution in [0.15, 0.2) is 0 Å².